The van der Waals surface area contributed by atoms with Crippen LogP contribution in [0.4, 0.5) is 0 Å². The van der Waals surface area contributed by atoms with Gasteiger partial charge in [-0.25, -0.2) is 0 Å². The van der Waals surface area contributed by atoms with Gasteiger partial charge in [-0.2, -0.15) is 0 Å². The maximum absolute atomic E-state index is 5.53. The van der Waals surface area contributed by atoms with Crippen LogP contribution < -0.4 is 0 Å². The maximum Gasteiger partial charge on any atom is 0.103 e. The lowest BCUT2D eigenvalue weighted by atomic mass is 10.1. The summed E-state index contributed by atoms with van der Waals surface area (Å²) in [5.41, 5.74) is 0. The Balaban J connectivity index is 1.83. The molecule has 1 aliphatic heterocycles. The van der Waals surface area contributed by atoms with Gasteiger partial charge in [-0.3, -0.25) is 0 Å². The smallest absolute Gasteiger partial charge is 0.103 e. The quantitative estimate of drug-likeness (QED) is 0.410. The fourth-order valence-electron chi connectivity index (χ4n) is 2.81. The van der Waals surface area contributed by atoms with E-state index in [2.05, 4.69) is 26.0 Å². The predicted molar refractivity (Wildman–Crippen MR) is 43.1 cm³/mol. The van der Waals surface area contributed by atoms with Gasteiger partial charge in [-0.1, -0.05) is 26.0 Å². The van der Waals surface area contributed by atoms with Crippen LogP contribution in [-0.2, 0) is 4.74 Å². The Labute approximate surface area is 67.4 Å². The zero-order valence-corrected chi connectivity index (χ0v) is 7.03. The third-order valence-corrected chi connectivity index (χ3v) is 3.43. The van der Waals surface area contributed by atoms with Gasteiger partial charge in [-0.15, -0.1) is 0 Å². The number of hydrogen-bond acceptors (Lipinski definition) is 1. The van der Waals surface area contributed by atoms with Crippen LogP contribution in [0.1, 0.15) is 13.8 Å². The van der Waals surface area contributed by atoms with E-state index in [1.54, 1.807) is 0 Å². The molecular weight excluding hydrogens is 136 g/mol. The molecule has 2 aliphatic carbocycles. The van der Waals surface area contributed by atoms with E-state index in [1.165, 1.54) is 0 Å². The monoisotopic (exact) mass is 150 g/mol. The van der Waals surface area contributed by atoms with Crippen molar-refractivity contribution in [1.29, 1.82) is 0 Å². The molecule has 0 aromatic carbocycles. The molecule has 2 fully saturated rings. The zero-order valence-electron chi connectivity index (χ0n) is 7.03. The predicted octanol–water partition coefficient (Wildman–Crippen LogP) is 1.84. The van der Waals surface area contributed by atoms with E-state index >= 15 is 0 Å². The van der Waals surface area contributed by atoms with Gasteiger partial charge >= 0.3 is 0 Å². The van der Waals surface area contributed by atoms with Crippen LogP contribution in [0.5, 0.6) is 0 Å². The first-order valence-electron chi connectivity index (χ1n) is 4.63. The van der Waals surface area contributed by atoms with Crippen molar-refractivity contribution in [2.75, 3.05) is 0 Å². The Kier molecular flexibility index (Phi) is 0.972. The number of epoxide rings is 1. The topological polar surface area (TPSA) is 12.5 Å². The Hall–Kier alpha value is -0.300. The summed E-state index contributed by atoms with van der Waals surface area (Å²) in [5, 5.41) is 0. The lowest BCUT2D eigenvalue weighted by Crippen LogP contribution is -2.01. The summed E-state index contributed by atoms with van der Waals surface area (Å²) >= 11 is 0. The third-order valence-electron chi connectivity index (χ3n) is 3.43. The van der Waals surface area contributed by atoms with Crippen molar-refractivity contribution in [3.05, 3.63) is 12.2 Å². The third kappa shape index (κ3) is 0.698. The van der Waals surface area contributed by atoms with Gasteiger partial charge < -0.3 is 4.74 Å². The summed E-state index contributed by atoms with van der Waals surface area (Å²) < 4.78 is 5.53. The van der Waals surface area contributed by atoms with Gasteiger partial charge in [0.1, 0.15) is 6.10 Å². The van der Waals surface area contributed by atoms with Gasteiger partial charge in [0.2, 0.25) is 0 Å². The molecule has 1 saturated heterocycles. The molecule has 1 saturated carbocycles. The van der Waals surface area contributed by atoms with E-state index < -0.39 is 0 Å². The molecule has 60 valence electrons. The van der Waals surface area contributed by atoms with Crippen molar-refractivity contribution in [2.45, 2.75) is 26.1 Å². The van der Waals surface area contributed by atoms with Crippen LogP contribution >= 0.6 is 0 Å². The number of hydrogen-bond donors (Lipinski definition) is 0. The summed E-state index contributed by atoms with van der Waals surface area (Å²) in [6, 6.07) is 0. The van der Waals surface area contributed by atoms with E-state index in [0.717, 1.165) is 23.7 Å². The minimum absolute atomic E-state index is 0.514. The molecule has 0 amide bonds. The van der Waals surface area contributed by atoms with Crippen LogP contribution in [0, 0.1) is 23.7 Å². The van der Waals surface area contributed by atoms with Gasteiger partial charge in [0.25, 0.3) is 0 Å². The summed E-state index contributed by atoms with van der Waals surface area (Å²) in [6.07, 6.45) is 5.77. The van der Waals surface area contributed by atoms with E-state index in [4.69, 9.17) is 4.74 Å². The Bertz CT molecular complexity index is 215. The molecule has 0 radical (unpaired) electrons. The molecular formula is C10H14O. The molecule has 5 atom stereocenters. The first-order chi connectivity index (χ1) is 5.29. The Morgan fingerprint density at radius 3 is 2.82 bits per heavy atom. The van der Waals surface area contributed by atoms with Crippen LogP contribution in [0.2, 0.25) is 0 Å². The van der Waals surface area contributed by atoms with Crippen LogP contribution in [0.15, 0.2) is 12.2 Å². The second kappa shape index (κ2) is 1.71. The molecule has 1 heterocycles. The van der Waals surface area contributed by atoms with Crippen molar-refractivity contribution < 1.29 is 4.74 Å². The average molecular weight is 150 g/mol. The Morgan fingerprint density at radius 1 is 1.27 bits per heavy atom. The summed E-state index contributed by atoms with van der Waals surface area (Å²) in [6.45, 7) is 4.66. The summed E-state index contributed by atoms with van der Waals surface area (Å²) in [5.74, 6) is 3.55. The lowest BCUT2D eigenvalue weighted by Gasteiger charge is -1.99. The standard InChI is InChI=1S/C10H14O/c1-5(2)8-6-3-4-7-10(11-7)9(6)8/h3-10H,1-2H3. The van der Waals surface area contributed by atoms with E-state index in [0.29, 0.717) is 12.2 Å². The highest BCUT2D eigenvalue weighted by molar-refractivity contribution is 5.25. The molecule has 0 N–H and O–H groups in total. The van der Waals surface area contributed by atoms with Crippen molar-refractivity contribution in [3.63, 3.8) is 0 Å². The lowest BCUT2D eigenvalue weighted by molar-refractivity contribution is 0.354. The van der Waals surface area contributed by atoms with E-state index in [1.807, 2.05) is 0 Å². The second-order valence-electron chi connectivity index (χ2n) is 4.43. The zero-order chi connectivity index (χ0) is 7.59. The van der Waals surface area contributed by atoms with Crippen molar-refractivity contribution in [1.82, 2.24) is 0 Å². The fraction of sp³-hybridized carbons (Fsp3) is 0.800. The van der Waals surface area contributed by atoms with Crippen molar-refractivity contribution >= 4 is 0 Å². The molecule has 1 nitrogen and oxygen atoms in total. The SMILES string of the molecule is CC(C)C1C2C=CC3OC3C21. The fourth-order valence-corrected chi connectivity index (χ4v) is 2.81. The van der Waals surface area contributed by atoms with Gasteiger partial charge in [0.15, 0.2) is 0 Å². The molecule has 3 aliphatic rings. The van der Waals surface area contributed by atoms with Gasteiger partial charge in [-0.05, 0) is 23.7 Å². The Morgan fingerprint density at radius 2 is 2.09 bits per heavy atom. The molecule has 0 aromatic heterocycles. The number of rotatable bonds is 1. The first-order valence-corrected chi connectivity index (χ1v) is 4.63. The molecule has 5 unspecified atom stereocenters. The number of fused-ring (bicyclic) bond motifs is 3. The highest BCUT2D eigenvalue weighted by Crippen LogP contribution is 2.61. The number of ether oxygens (including phenoxy) is 1. The first kappa shape index (κ1) is 6.24. The molecule has 0 bridgehead atoms. The second-order valence-corrected chi connectivity index (χ2v) is 4.43. The molecule has 1 heteroatoms. The minimum Gasteiger partial charge on any atom is -0.365 e. The highest BCUT2D eigenvalue weighted by atomic mass is 16.6. The molecule has 11 heavy (non-hydrogen) atoms. The largest absolute Gasteiger partial charge is 0.365 e. The number of allylic oxidation sites excluding steroid dienone is 1. The van der Waals surface area contributed by atoms with E-state index in [9.17, 15) is 0 Å². The van der Waals surface area contributed by atoms with Gasteiger partial charge in [0, 0.05) is 0 Å². The molecule has 0 aromatic rings. The van der Waals surface area contributed by atoms with E-state index in [-0.39, 0.29) is 0 Å². The normalized spacial score (nSPS) is 57.2. The van der Waals surface area contributed by atoms with Crippen LogP contribution in [0.25, 0.3) is 0 Å². The average Bonchev–Trinajstić information content (AvgIpc) is 2.80. The van der Waals surface area contributed by atoms with Crippen molar-refractivity contribution in [3.8, 4) is 0 Å². The highest BCUT2D eigenvalue weighted by Gasteiger charge is 2.63. The summed E-state index contributed by atoms with van der Waals surface area (Å²) in [7, 11) is 0. The van der Waals surface area contributed by atoms with Crippen LogP contribution in [-0.4, -0.2) is 12.2 Å². The minimum atomic E-state index is 0.514. The van der Waals surface area contributed by atoms with Crippen molar-refractivity contribution in [2.24, 2.45) is 23.7 Å². The molecule has 3 rings (SSSR count). The summed E-state index contributed by atoms with van der Waals surface area (Å²) in [4.78, 5) is 0. The van der Waals surface area contributed by atoms with Crippen LogP contribution in [0.3, 0.4) is 0 Å². The molecule has 0 spiro atoms. The maximum atomic E-state index is 5.53. The van der Waals surface area contributed by atoms with Gasteiger partial charge in [0.05, 0.1) is 6.10 Å².